The van der Waals surface area contributed by atoms with Crippen molar-refractivity contribution in [3.8, 4) is 0 Å². The Morgan fingerprint density at radius 3 is 2.76 bits per heavy atom. The highest BCUT2D eigenvalue weighted by molar-refractivity contribution is 6.17. The Labute approximate surface area is 167 Å². The van der Waals surface area contributed by atoms with Gasteiger partial charge < -0.3 is 5.32 Å². The lowest BCUT2D eigenvalue weighted by molar-refractivity contribution is -0.124. The number of nitrogens with one attached hydrogen (secondary N) is 4. The molecule has 4 atom stereocenters. The summed E-state index contributed by atoms with van der Waals surface area (Å²) in [5.41, 5.74) is 1.95. The number of hydrogen-bond acceptors (Lipinski definition) is 6. The molecule has 2 saturated heterocycles. The third-order valence-electron chi connectivity index (χ3n) is 5.34. The highest BCUT2D eigenvalue weighted by Crippen LogP contribution is 2.26. The summed E-state index contributed by atoms with van der Waals surface area (Å²) in [4.78, 5) is 26.3. The van der Waals surface area contributed by atoms with Gasteiger partial charge in [0.25, 0.3) is 0 Å². The number of rotatable bonds is 4. The molecule has 2 aliphatic heterocycles. The summed E-state index contributed by atoms with van der Waals surface area (Å²) in [6, 6.07) is 5.09. The lowest BCUT2D eigenvalue weighted by Crippen LogP contribution is -2.75. The zero-order valence-electron chi connectivity index (χ0n) is 16.4. The molecule has 0 radical (unpaired) electrons. The number of amides is 3. The van der Waals surface area contributed by atoms with Crippen LogP contribution in [0.4, 0.5) is 14.9 Å². The van der Waals surface area contributed by atoms with Crippen molar-refractivity contribution in [3.05, 3.63) is 47.5 Å². The first-order valence-corrected chi connectivity index (χ1v) is 9.49. The number of aromatic nitrogens is 2. The molecule has 2 aliphatic rings. The smallest absolute Gasteiger partial charge is 0.321 e. The molecule has 0 saturated carbocycles. The normalized spacial score (nSPS) is 25.5. The van der Waals surface area contributed by atoms with Crippen molar-refractivity contribution in [1.29, 1.82) is 0 Å². The van der Waals surface area contributed by atoms with Crippen LogP contribution in [0.25, 0.3) is 0 Å². The third kappa shape index (κ3) is 3.61. The molecule has 3 heterocycles. The van der Waals surface area contributed by atoms with E-state index < -0.39 is 29.8 Å². The van der Waals surface area contributed by atoms with E-state index in [2.05, 4.69) is 26.4 Å². The fourth-order valence-electron chi connectivity index (χ4n) is 3.90. The van der Waals surface area contributed by atoms with E-state index in [0.717, 1.165) is 16.2 Å². The van der Waals surface area contributed by atoms with Crippen molar-refractivity contribution in [3.63, 3.8) is 0 Å². The van der Waals surface area contributed by atoms with Gasteiger partial charge in [0.05, 0.1) is 23.5 Å². The fourth-order valence-corrected chi connectivity index (χ4v) is 3.90. The van der Waals surface area contributed by atoms with E-state index in [9.17, 15) is 14.0 Å². The number of urea groups is 1. The van der Waals surface area contributed by atoms with Gasteiger partial charge >= 0.3 is 6.03 Å². The van der Waals surface area contributed by atoms with Crippen molar-refractivity contribution >= 4 is 17.6 Å². The standard InChI is InChI=1S/C19H24FN7O2/c1-10(13-9-26(3)25-11(13)2)22-18-21-8-12-16(23-18)24-19(29)27(17(12)28)15-7-5-4-6-14(15)20/h4-7,9-10,12,16,18,21-23H,8H2,1-3H3,(H,24,29). The Balaban J connectivity index is 1.45. The molecular formula is C19H24FN7O2. The zero-order chi connectivity index (χ0) is 20.7. The van der Waals surface area contributed by atoms with Gasteiger partial charge in [-0.05, 0) is 26.0 Å². The van der Waals surface area contributed by atoms with Gasteiger partial charge in [0.1, 0.15) is 12.1 Å². The number of hydrogen-bond donors (Lipinski definition) is 4. The highest BCUT2D eigenvalue weighted by atomic mass is 19.1. The minimum absolute atomic E-state index is 0.00448. The minimum Gasteiger partial charge on any atom is -0.321 e. The first-order chi connectivity index (χ1) is 13.8. The van der Waals surface area contributed by atoms with E-state index in [-0.39, 0.29) is 18.0 Å². The van der Waals surface area contributed by atoms with Gasteiger partial charge in [0.2, 0.25) is 5.91 Å². The predicted octanol–water partition coefficient (Wildman–Crippen LogP) is 0.693. The van der Waals surface area contributed by atoms with Crippen molar-refractivity contribution in [2.45, 2.75) is 32.3 Å². The molecule has 0 spiro atoms. The molecule has 3 amide bonds. The van der Waals surface area contributed by atoms with Crippen LogP contribution in [0.3, 0.4) is 0 Å². The van der Waals surface area contributed by atoms with Crippen LogP contribution in [0.2, 0.25) is 0 Å². The number of para-hydroxylation sites is 1. The molecule has 0 aliphatic carbocycles. The molecule has 29 heavy (non-hydrogen) atoms. The number of imide groups is 1. The van der Waals surface area contributed by atoms with Crippen LogP contribution in [0, 0.1) is 18.7 Å². The minimum atomic E-state index is -0.648. The molecule has 0 bridgehead atoms. The molecule has 1 aromatic carbocycles. The molecule has 9 nitrogen and oxygen atoms in total. The van der Waals surface area contributed by atoms with Gasteiger partial charge in [0, 0.05) is 31.4 Å². The summed E-state index contributed by atoms with van der Waals surface area (Å²) in [6.07, 6.45) is 1.08. The second kappa shape index (κ2) is 7.54. The molecule has 2 fully saturated rings. The lowest BCUT2D eigenvalue weighted by atomic mass is 9.99. The number of halogens is 1. The van der Waals surface area contributed by atoms with Crippen molar-refractivity contribution in [2.75, 3.05) is 11.4 Å². The average Bonchev–Trinajstić information content (AvgIpc) is 3.01. The van der Waals surface area contributed by atoms with E-state index in [1.54, 1.807) is 10.7 Å². The summed E-state index contributed by atoms with van der Waals surface area (Å²) in [6.45, 7) is 4.30. The molecule has 10 heteroatoms. The summed E-state index contributed by atoms with van der Waals surface area (Å²) in [5, 5.41) is 17.0. The Morgan fingerprint density at radius 2 is 2.07 bits per heavy atom. The summed E-state index contributed by atoms with van der Waals surface area (Å²) in [5.74, 6) is -1.62. The van der Waals surface area contributed by atoms with Crippen LogP contribution >= 0.6 is 0 Å². The van der Waals surface area contributed by atoms with E-state index in [0.29, 0.717) is 6.54 Å². The molecule has 1 aromatic heterocycles. The van der Waals surface area contributed by atoms with Crippen LogP contribution in [-0.2, 0) is 11.8 Å². The fraction of sp³-hybridized carbons (Fsp3) is 0.421. The van der Waals surface area contributed by atoms with Crippen LogP contribution < -0.4 is 26.2 Å². The first-order valence-electron chi connectivity index (χ1n) is 9.49. The number of benzene rings is 1. The second-order valence-corrected chi connectivity index (χ2v) is 7.40. The zero-order valence-corrected chi connectivity index (χ0v) is 16.4. The summed E-state index contributed by atoms with van der Waals surface area (Å²) < 4.78 is 15.9. The van der Waals surface area contributed by atoms with Gasteiger partial charge in [0.15, 0.2) is 0 Å². The highest BCUT2D eigenvalue weighted by Gasteiger charge is 2.45. The number of aryl methyl sites for hydroxylation is 2. The van der Waals surface area contributed by atoms with Crippen LogP contribution in [0.1, 0.15) is 24.2 Å². The maximum absolute atomic E-state index is 14.1. The molecule has 154 valence electrons. The SMILES string of the molecule is Cc1nn(C)cc1C(C)NC1NCC2C(=O)N(c3ccccc3F)C(=O)NC2N1. The van der Waals surface area contributed by atoms with Gasteiger partial charge in [-0.3, -0.25) is 25.4 Å². The van der Waals surface area contributed by atoms with Gasteiger partial charge in [-0.15, -0.1) is 0 Å². The number of nitrogens with zero attached hydrogens (tertiary/aromatic N) is 3. The number of fused-ring (bicyclic) bond motifs is 1. The number of carbonyl (C=O) groups is 2. The number of carbonyl (C=O) groups excluding carboxylic acids is 2. The topological polar surface area (TPSA) is 103 Å². The van der Waals surface area contributed by atoms with Crippen LogP contribution in [0.15, 0.2) is 30.5 Å². The maximum Gasteiger partial charge on any atom is 0.330 e. The molecule has 2 aromatic rings. The Hall–Kier alpha value is -2.82. The van der Waals surface area contributed by atoms with E-state index in [4.69, 9.17) is 0 Å². The van der Waals surface area contributed by atoms with E-state index in [1.165, 1.54) is 18.2 Å². The van der Waals surface area contributed by atoms with Gasteiger partial charge in [-0.2, -0.15) is 5.10 Å². The van der Waals surface area contributed by atoms with Crippen molar-refractivity contribution in [1.82, 2.24) is 31.0 Å². The second-order valence-electron chi connectivity index (χ2n) is 7.40. The van der Waals surface area contributed by atoms with Gasteiger partial charge in [-0.25, -0.2) is 14.1 Å². The average molecular weight is 401 g/mol. The molecular weight excluding hydrogens is 377 g/mol. The molecule has 4 N–H and O–H groups in total. The Bertz CT molecular complexity index is 946. The predicted molar refractivity (Wildman–Crippen MR) is 104 cm³/mol. The van der Waals surface area contributed by atoms with Crippen molar-refractivity contribution in [2.24, 2.45) is 13.0 Å². The maximum atomic E-state index is 14.1. The number of anilines is 1. The monoisotopic (exact) mass is 401 g/mol. The van der Waals surface area contributed by atoms with Crippen molar-refractivity contribution < 1.29 is 14.0 Å². The summed E-state index contributed by atoms with van der Waals surface area (Å²) >= 11 is 0. The third-order valence-corrected chi connectivity index (χ3v) is 5.34. The molecule has 4 unspecified atom stereocenters. The van der Waals surface area contributed by atoms with E-state index >= 15 is 0 Å². The van der Waals surface area contributed by atoms with Crippen LogP contribution in [-0.4, -0.2) is 40.7 Å². The Kier molecular flexibility index (Phi) is 5.07. The quantitative estimate of drug-likeness (QED) is 0.601. The van der Waals surface area contributed by atoms with E-state index in [1.807, 2.05) is 27.1 Å². The van der Waals surface area contributed by atoms with Gasteiger partial charge in [-0.1, -0.05) is 12.1 Å². The molecule has 4 rings (SSSR count). The first kappa shape index (κ1) is 19.5. The summed E-state index contributed by atoms with van der Waals surface area (Å²) in [7, 11) is 1.87. The Morgan fingerprint density at radius 1 is 1.31 bits per heavy atom. The lowest BCUT2D eigenvalue weighted by Gasteiger charge is -2.44. The largest absolute Gasteiger partial charge is 0.330 e. The van der Waals surface area contributed by atoms with Crippen LogP contribution in [0.5, 0.6) is 0 Å².